The zero-order chi connectivity index (χ0) is 12.0. The second-order valence-electron chi connectivity index (χ2n) is 5.92. The van der Waals surface area contributed by atoms with Gasteiger partial charge < -0.3 is 5.32 Å². The van der Waals surface area contributed by atoms with Crippen molar-refractivity contribution >= 4 is 9.84 Å². The van der Waals surface area contributed by atoms with E-state index in [4.69, 9.17) is 0 Å². The minimum Gasteiger partial charge on any atom is -0.307 e. The number of sulfone groups is 1. The van der Waals surface area contributed by atoms with Crippen LogP contribution in [0.25, 0.3) is 0 Å². The molecule has 2 saturated heterocycles. The van der Waals surface area contributed by atoms with Crippen molar-refractivity contribution in [2.24, 2.45) is 0 Å². The molecular weight excluding hydrogens is 224 g/mol. The Balaban J connectivity index is 2.05. The van der Waals surface area contributed by atoms with Crippen LogP contribution in [0, 0.1) is 0 Å². The monoisotopic (exact) mass is 246 g/mol. The molecule has 0 spiro atoms. The summed E-state index contributed by atoms with van der Waals surface area (Å²) in [4.78, 5) is 2.35. The molecule has 2 unspecified atom stereocenters. The van der Waals surface area contributed by atoms with E-state index in [-0.39, 0.29) is 11.6 Å². The van der Waals surface area contributed by atoms with Crippen molar-refractivity contribution in [3.05, 3.63) is 0 Å². The average Bonchev–Trinajstić information content (AvgIpc) is 2.42. The normalized spacial score (nSPS) is 38.7. The molecule has 16 heavy (non-hydrogen) atoms. The lowest BCUT2D eigenvalue weighted by Gasteiger charge is -2.45. The van der Waals surface area contributed by atoms with Crippen molar-refractivity contribution < 1.29 is 8.42 Å². The molecule has 2 rings (SSSR count). The summed E-state index contributed by atoms with van der Waals surface area (Å²) in [6.45, 7) is 8.43. The van der Waals surface area contributed by atoms with Gasteiger partial charge in [-0.2, -0.15) is 0 Å². The van der Waals surface area contributed by atoms with Crippen molar-refractivity contribution in [1.29, 1.82) is 0 Å². The average molecular weight is 246 g/mol. The highest BCUT2D eigenvalue weighted by Gasteiger charge is 2.38. The van der Waals surface area contributed by atoms with Crippen LogP contribution in [0.4, 0.5) is 0 Å². The third-order valence-electron chi connectivity index (χ3n) is 3.47. The van der Waals surface area contributed by atoms with Crippen LogP contribution in [-0.4, -0.2) is 55.5 Å². The second kappa shape index (κ2) is 3.96. The van der Waals surface area contributed by atoms with E-state index in [2.05, 4.69) is 31.0 Å². The molecule has 0 bridgehead atoms. The van der Waals surface area contributed by atoms with Crippen molar-refractivity contribution in [2.45, 2.75) is 44.8 Å². The summed E-state index contributed by atoms with van der Waals surface area (Å²) in [6.07, 6.45) is 0.811. The summed E-state index contributed by atoms with van der Waals surface area (Å²) < 4.78 is 23.0. The number of rotatable bonds is 1. The fourth-order valence-electron chi connectivity index (χ4n) is 3.02. The zero-order valence-electron chi connectivity index (χ0n) is 10.4. The predicted octanol–water partition coefficient (Wildman–Crippen LogP) is 0.246. The number of hydrogen-bond donors (Lipinski definition) is 1. The molecule has 94 valence electrons. The van der Waals surface area contributed by atoms with E-state index in [0.29, 0.717) is 17.5 Å². The van der Waals surface area contributed by atoms with Crippen LogP contribution < -0.4 is 5.32 Å². The van der Waals surface area contributed by atoms with Gasteiger partial charge in [0.25, 0.3) is 0 Å². The predicted molar refractivity (Wildman–Crippen MR) is 65.3 cm³/mol. The van der Waals surface area contributed by atoms with Crippen LogP contribution >= 0.6 is 0 Å². The number of piperazine rings is 1. The SMILES string of the molecule is CC1CN(C2CCS(=O)(=O)C2)CC(C)(C)N1. The Kier molecular flexibility index (Phi) is 3.05. The first-order valence-corrected chi connectivity index (χ1v) is 7.82. The van der Waals surface area contributed by atoms with Gasteiger partial charge in [-0.1, -0.05) is 0 Å². The van der Waals surface area contributed by atoms with E-state index in [9.17, 15) is 8.42 Å². The maximum Gasteiger partial charge on any atom is 0.151 e. The molecule has 4 nitrogen and oxygen atoms in total. The van der Waals surface area contributed by atoms with Gasteiger partial charge in [-0.15, -0.1) is 0 Å². The van der Waals surface area contributed by atoms with Crippen molar-refractivity contribution in [3.8, 4) is 0 Å². The Morgan fingerprint density at radius 1 is 1.38 bits per heavy atom. The van der Waals surface area contributed by atoms with Gasteiger partial charge in [-0.05, 0) is 27.2 Å². The number of nitrogens with one attached hydrogen (secondary N) is 1. The number of nitrogens with zero attached hydrogens (tertiary/aromatic N) is 1. The highest BCUT2D eigenvalue weighted by atomic mass is 32.2. The Hall–Kier alpha value is -0.130. The Labute approximate surface area is 98.3 Å². The molecule has 0 amide bonds. The fourth-order valence-corrected chi connectivity index (χ4v) is 4.79. The van der Waals surface area contributed by atoms with Crippen molar-refractivity contribution in [2.75, 3.05) is 24.6 Å². The summed E-state index contributed by atoms with van der Waals surface area (Å²) in [7, 11) is -2.76. The van der Waals surface area contributed by atoms with Crippen LogP contribution in [0.15, 0.2) is 0 Å². The molecule has 2 fully saturated rings. The Morgan fingerprint density at radius 2 is 2.06 bits per heavy atom. The third kappa shape index (κ3) is 2.76. The quantitative estimate of drug-likeness (QED) is 0.720. The second-order valence-corrected chi connectivity index (χ2v) is 8.14. The molecule has 2 atom stereocenters. The summed E-state index contributed by atoms with van der Waals surface area (Å²) in [5, 5.41) is 3.54. The summed E-state index contributed by atoms with van der Waals surface area (Å²) >= 11 is 0. The summed E-state index contributed by atoms with van der Waals surface area (Å²) in [5.41, 5.74) is 0.0873. The molecule has 0 aliphatic carbocycles. The first-order valence-electron chi connectivity index (χ1n) is 6.00. The lowest BCUT2D eigenvalue weighted by Crippen LogP contribution is -2.63. The molecular formula is C11H22N2O2S. The maximum absolute atomic E-state index is 11.5. The van der Waals surface area contributed by atoms with E-state index in [0.717, 1.165) is 19.5 Å². The molecule has 2 aliphatic heterocycles. The van der Waals surface area contributed by atoms with Gasteiger partial charge in [0.15, 0.2) is 9.84 Å². The van der Waals surface area contributed by atoms with E-state index in [1.54, 1.807) is 0 Å². The highest BCUT2D eigenvalue weighted by molar-refractivity contribution is 7.91. The number of hydrogen-bond acceptors (Lipinski definition) is 4. The minimum absolute atomic E-state index is 0.0873. The van der Waals surface area contributed by atoms with Gasteiger partial charge in [0.1, 0.15) is 0 Å². The molecule has 0 aromatic rings. The highest BCUT2D eigenvalue weighted by Crippen LogP contribution is 2.23. The van der Waals surface area contributed by atoms with Crippen molar-refractivity contribution in [3.63, 3.8) is 0 Å². The summed E-state index contributed by atoms with van der Waals surface area (Å²) in [6, 6.07) is 0.681. The third-order valence-corrected chi connectivity index (χ3v) is 5.22. The summed E-state index contributed by atoms with van der Waals surface area (Å²) in [5.74, 6) is 0.728. The lowest BCUT2D eigenvalue weighted by molar-refractivity contribution is 0.0924. The molecule has 5 heteroatoms. The van der Waals surface area contributed by atoms with Gasteiger partial charge >= 0.3 is 0 Å². The molecule has 0 saturated carbocycles. The van der Waals surface area contributed by atoms with Crippen molar-refractivity contribution in [1.82, 2.24) is 10.2 Å². The molecule has 2 heterocycles. The topological polar surface area (TPSA) is 49.4 Å². The fraction of sp³-hybridized carbons (Fsp3) is 1.00. The molecule has 0 radical (unpaired) electrons. The van der Waals surface area contributed by atoms with E-state index < -0.39 is 9.84 Å². The largest absolute Gasteiger partial charge is 0.307 e. The standard InChI is InChI=1S/C11H22N2O2S/c1-9-6-13(8-11(2,3)12-9)10-4-5-16(14,15)7-10/h9-10,12H,4-8H2,1-3H3. The van der Waals surface area contributed by atoms with Gasteiger partial charge in [0.05, 0.1) is 11.5 Å². The lowest BCUT2D eigenvalue weighted by atomic mass is 9.97. The Morgan fingerprint density at radius 3 is 2.56 bits per heavy atom. The smallest absolute Gasteiger partial charge is 0.151 e. The Bertz CT molecular complexity index is 364. The first-order chi connectivity index (χ1) is 7.27. The van der Waals surface area contributed by atoms with Crippen LogP contribution in [-0.2, 0) is 9.84 Å². The van der Waals surface area contributed by atoms with Crippen LogP contribution in [0.2, 0.25) is 0 Å². The van der Waals surface area contributed by atoms with E-state index in [1.807, 2.05) is 0 Å². The molecule has 2 aliphatic rings. The van der Waals surface area contributed by atoms with Gasteiger partial charge in [0, 0.05) is 30.7 Å². The first kappa shape index (κ1) is 12.3. The minimum atomic E-state index is -2.76. The van der Waals surface area contributed by atoms with Crippen LogP contribution in [0.5, 0.6) is 0 Å². The molecule has 0 aromatic carbocycles. The molecule has 1 N–H and O–H groups in total. The van der Waals surface area contributed by atoms with E-state index >= 15 is 0 Å². The maximum atomic E-state index is 11.5. The van der Waals surface area contributed by atoms with Crippen LogP contribution in [0.1, 0.15) is 27.2 Å². The van der Waals surface area contributed by atoms with Gasteiger partial charge in [-0.25, -0.2) is 8.42 Å². The van der Waals surface area contributed by atoms with E-state index in [1.165, 1.54) is 0 Å². The van der Waals surface area contributed by atoms with Gasteiger partial charge in [-0.3, -0.25) is 4.90 Å². The van der Waals surface area contributed by atoms with Crippen LogP contribution in [0.3, 0.4) is 0 Å². The molecule has 0 aromatic heterocycles. The zero-order valence-corrected chi connectivity index (χ0v) is 11.2. The van der Waals surface area contributed by atoms with Gasteiger partial charge in [0.2, 0.25) is 0 Å².